The molecular weight excluding hydrogens is 296 g/mol. The molecule has 0 saturated carbocycles. The third-order valence-electron chi connectivity index (χ3n) is 6.02. The second-order valence-electron chi connectivity index (χ2n) is 8.17. The second kappa shape index (κ2) is 6.49. The van der Waals surface area contributed by atoms with Crippen molar-refractivity contribution in [2.24, 2.45) is 11.8 Å². The lowest BCUT2D eigenvalue weighted by Gasteiger charge is -2.34. The Labute approximate surface area is 145 Å². The molecule has 1 aromatic heterocycles. The largest absolute Gasteiger partial charge is 0.310 e. The highest BCUT2D eigenvalue weighted by molar-refractivity contribution is 5.78. The van der Waals surface area contributed by atoms with E-state index in [2.05, 4.69) is 60.2 Å². The molecule has 2 aromatic rings. The van der Waals surface area contributed by atoms with E-state index in [1.54, 1.807) is 0 Å². The van der Waals surface area contributed by atoms with Crippen molar-refractivity contribution in [1.82, 2.24) is 20.0 Å². The molecule has 4 rings (SSSR count). The van der Waals surface area contributed by atoms with Crippen LogP contribution in [0, 0.1) is 11.8 Å². The van der Waals surface area contributed by atoms with Gasteiger partial charge in [-0.3, -0.25) is 4.68 Å². The van der Waals surface area contributed by atoms with Crippen molar-refractivity contribution in [3.63, 3.8) is 0 Å². The summed E-state index contributed by atoms with van der Waals surface area (Å²) in [5, 5.41) is 9.92. The molecule has 0 spiro atoms. The minimum Gasteiger partial charge on any atom is -0.310 e. The van der Waals surface area contributed by atoms with Crippen LogP contribution in [-0.2, 0) is 0 Å². The summed E-state index contributed by atoms with van der Waals surface area (Å²) in [6, 6.07) is 7.89. The van der Waals surface area contributed by atoms with Crippen molar-refractivity contribution in [2.75, 3.05) is 26.7 Å². The van der Waals surface area contributed by atoms with Gasteiger partial charge in [-0.05, 0) is 62.9 Å². The quantitative estimate of drug-likeness (QED) is 0.915. The minimum absolute atomic E-state index is 0.498. The zero-order chi connectivity index (χ0) is 16.7. The highest BCUT2D eigenvalue weighted by Gasteiger charge is 2.26. The van der Waals surface area contributed by atoms with Crippen LogP contribution in [-0.4, -0.2) is 41.4 Å². The molecule has 2 saturated heterocycles. The maximum atomic E-state index is 4.95. The van der Waals surface area contributed by atoms with E-state index in [4.69, 9.17) is 5.10 Å². The molecule has 2 fully saturated rings. The molecular formula is C20H30N4. The lowest BCUT2D eigenvalue weighted by Crippen LogP contribution is -2.37. The average molecular weight is 326 g/mol. The Balaban J connectivity index is 1.57. The third-order valence-corrected chi connectivity index (χ3v) is 6.02. The first kappa shape index (κ1) is 16.1. The van der Waals surface area contributed by atoms with Crippen LogP contribution in [0.5, 0.6) is 0 Å². The summed E-state index contributed by atoms with van der Waals surface area (Å²) in [5.74, 6) is 1.45. The fourth-order valence-electron chi connectivity index (χ4n) is 4.46. The minimum atomic E-state index is 0.498. The Morgan fingerprint density at radius 2 is 2.04 bits per heavy atom. The van der Waals surface area contributed by atoms with Gasteiger partial charge in [0.25, 0.3) is 0 Å². The standard InChI is InChI=1S/C20H30N4/c1-14-4-7-18(21-11-14)16-5-6-17-13-24(22-19(17)10-16)20-8-9-23(3)12-15(20)2/h5-6,10,13-15,18,20-21H,4,7-9,11-12H2,1-3H3/t14-,15+,18+,20+/m0/s1. The Bertz CT molecular complexity index is 699. The van der Waals surface area contributed by atoms with Crippen LogP contribution in [0.1, 0.15) is 50.8 Å². The van der Waals surface area contributed by atoms with Gasteiger partial charge in [0.05, 0.1) is 11.6 Å². The van der Waals surface area contributed by atoms with E-state index in [1.165, 1.54) is 36.8 Å². The summed E-state index contributed by atoms with van der Waals surface area (Å²) < 4.78 is 2.24. The number of aromatic nitrogens is 2. The Morgan fingerprint density at radius 3 is 2.79 bits per heavy atom. The lowest BCUT2D eigenvalue weighted by molar-refractivity contribution is 0.151. The second-order valence-corrected chi connectivity index (χ2v) is 8.17. The molecule has 4 atom stereocenters. The predicted molar refractivity (Wildman–Crippen MR) is 99.2 cm³/mol. The summed E-state index contributed by atoms with van der Waals surface area (Å²) in [6.07, 6.45) is 6.00. The number of likely N-dealkylation sites (tertiary alicyclic amines) is 1. The van der Waals surface area contributed by atoms with E-state index in [0.717, 1.165) is 24.5 Å². The van der Waals surface area contributed by atoms with Crippen LogP contribution in [0.2, 0.25) is 0 Å². The summed E-state index contributed by atoms with van der Waals surface area (Å²) in [5.41, 5.74) is 2.55. The molecule has 0 amide bonds. The Morgan fingerprint density at radius 1 is 1.17 bits per heavy atom. The van der Waals surface area contributed by atoms with Crippen LogP contribution in [0.3, 0.4) is 0 Å². The van der Waals surface area contributed by atoms with E-state index in [0.29, 0.717) is 18.0 Å². The van der Waals surface area contributed by atoms with Gasteiger partial charge in [-0.2, -0.15) is 5.10 Å². The number of hydrogen-bond donors (Lipinski definition) is 1. The third kappa shape index (κ3) is 3.09. The van der Waals surface area contributed by atoms with E-state index < -0.39 is 0 Å². The number of rotatable bonds is 2. The first-order valence-corrected chi connectivity index (χ1v) is 9.51. The van der Waals surface area contributed by atoms with Crippen LogP contribution in [0.15, 0.2) is 24.4 Å². The molecule has 0 radical (unpaired) electrons. The number of benzene rings is 1. The molecule has 24 heavy (non-hydrogen) atoms. The molecule has 3 heterocycles. The molecule has 0 unspecified atom stereocenters. The van der Waals surface area contributed by atoms with Gasteiger partial charge in [-0.25, -0.2) is 0 Å². The van der Waals surface area contributed by atoms with Gasteiger partial charge in [0.1, 0.15) is 0 Å². The molecule has 1 aromatic carbocycles. The van der Waals surface area contributed by atoms with Crippen molar-refractivity contribution in [2.45, 2.75) is 45.2 Å². The highest BCUT2D eigenvalue weighted by Crippen LogP contribution is 2.30. The molecule has 1 N–H and O–H groups in total. The molecule has 0 aliphatic carbocycles. The topological polar surface area (TPSA) is 33.1 Å². The van der Waals surface area contributed by atoms with Crippen molar-refractivity contribution >= 4 is 10.9 Å². The molecule has 4 heteroatoms. The van der Waals surface area contributed by atoms with Crippen molar-refractivity contribution in [1.29, 1.82) is 0 Å². The Kier molecular flexibility index (Phi) is 4.35. The van der Waals surface area contributed by atoms with Gasteiger partial charge in [0.2, 0.25) is 0 Å². The van der Waals surface area contributed by atoms with Gasteiger partial charge in [-0.15, -0.1) is 0 Å². The summed E-state index contributed by atoms with van der Waals surface area (Å²) in [4.78, 5) is 2.43. The summed E-state index contributed by atoms with van der Waals surface area (Å²) in [6.45, 7) is 8.14. The average Bonchev–Trinajstić information content (AvgIpc) is 2.98. The lowest BCUT2D eigenvalue weighted by atomic mass is 9.92. The van der Waals surface area contributed by atoms with Crippen LogP contribution < -0.4 is 5.32 Å². The van der Waals surface area contributed by atoms with Crippen LogP contribution >= 0.6 is 0 Å². The van der Waals surface area contributed by atoms with Gasteiger partial charge < -0.3 is 10.2 Å². The monoisotopic (exact) mass is 326 g/mol. The zero-order valence-electron chi connectivity index (χ0n) is 15.2. The Hall–Kier alpha value is -1.39. The summed E-state index contributed by atoms with van der Waals surface area (Å²) in [7, 11) is 2.22. The predicted octanol–water partition coefficient (Wildman–Crippen LogP) is 3.61. The van der Waals surface area contributed by atoms with E-state index in [1.807, 2.05) is 0 Å². The molecule has 130 valence electrons. The molecule has 0 bridgehead atoms. The molecule has 4 nitrogen and oxygen atoms in total. The fraction of sp³-hybridized carbons (Fsp3) is 0.650. The normalized spacial score (nSPS) is 32.3. The molecule has 2 aliphatic rings. The van der Waals surface area contributed by atoms with Gasteiger partial charge in [0.15, 0.2) is 0 Å². The summed E-state index contributed by atoms with van der Waals surface area (Å²) >= 11 is 0. The highest BCUT2D eigenvalue weighted by atomic mass is 15.3. The molecule has 2 aliphatic heterocycles. The van der Waals surface area contributed by atoms with Gasteiger partial charge in [0, 0.05) is 24.2 Å². The van der Waals surface area contributed by atoms with E-state index in [9.17, 15) is 0 Å². The number of nitrogens with zero attached hydrogens (tertiary/aromatic N) is 3. The first-order valence-electron chi connectivity index (χ1n) is 9.51. The van der Waals surface area contributed by atoms with Crippen molar-refractivity contribution in [3.8, 4) is 0 Å². The first-order chi connectivity index (χ1) is 11.6. The maximum Gasteiger partial charge on any atom is 0.0926 e. The van der Waals surface area contributed by atoms with Crippen molar-refractivity contribution in [3.05, 3.63) is 30.0 Å². The van der Waals surface area contributed by atoms with Crippen molar-refractivity contribution < 1.29 is 0 Å². The van der Waals surface area contributed by atoms with Gasteiger partial charge >= 0.3 is 0 Å². The fourth-order valence-corrected chi connectivity index (χ4v) is 4.46. The van der Waals surface area contributed by atoms with E-state index >= 15 is 0 Å². The van der Waals surface area contributed by atoms with Crippen LogP contribution in [0.4, 0.5) is 0 Å². The van der Waals surface area contributed by atoms with Crippen LogP contribution in [0.25, 0.3) is 10.9 Å². The smallest absolute Gasteiger partial charge is 0.0926 e. The van der Waals surface area contributed by atoms with E-state index in [-0.39, 0.29) is 0 Å². The number of piperidine rings is 2. The zero-order valence-corrected chi connectivity index (χ0v) is 15.2. The maximum absolute atomic E-state index is 4.95. The van der Waals surface area contributed by atoms with Gasteiger partial charge in [-0.1, -0.05) is 26.0 Å². The number of hydrogen-bond acceptors (Lipinski definition) is 3. The SMILES string of the molecule is C[C@H]1CC[C@H](c2ccc3cn([C@@H]4CCN(C)C[C@H]4C)nc3c2)NC1. The number of fused-ring (bicyclic) bond motifs is 1. The number of nitrogens with one attached hydrogen (secondary N) is 1.